The Labute approximate surface area is 86.4 Å². The molecule has 1 aromatic rings. The minimum Gasteiger partial charge on any atom is -0.297 e. The summed E-state index contributed by atoms with van der Waals surface area (Å²) in [6.45, 7) is 3.52. The van der Waals surface area contributed by atoms with Gasteiger partial charge in [0, 0.05) is 0 Å². The molecular weight excluding hydrogens is 196 g/mol. The summed E-state index contributed by atoms with van der Waals surface area (Å²) in [7, 11) is 0. The molecule has 0 unspecified atom stereocenters. The average molecular weight is 206 g/mol. The van der Waals surface area contributed by atoms with Crippen LogP contribution < -0.4 is 4.90 Å². The lowest BCUT2D eigenvalue weighted by Crippen LogP contribution is -2.27. The van der Waals surface area contributed by atoms with Crippen LogP contribution in [0.5, 0.6) is 0 Å². The summed E-state index contributed by atoms with van der Waals surface area (Å²) in [6, 6.07) is 0. The van der Waals surface area contributed by atoms with E-state index in [1.54, 1.807) is 13.8 Å². The first kappa shape index (κ1) is 9.70. The number of carbonyl (C=O) groups excluding carboxylic acids is 2. The highest BCUT2D eigenvalue weighted by atomic mass is 16.2. The number of carbonyl (C=O) groups is 2. The predicted octanol–water partition coefficient (Wildman–Crippen LogP) is -0.206. The third kappa shape index (κ3) is 1.83. The Morgan fingerprint density at radius 1 is 1.07 bits per heavy atom. The Bertz CT molecular complexity index is 423. The van der Waals surface area contributed by atoms with Gasteiger partial charge in [-0.15, -0.1) is 0 Å². The van der Waals surface area contributed by atoms with Gasteiger partial charge in [-0.2, -0.15) is 9.97 Å². The van der Waals surface area contributed by atoms with Gasteiger partial charge >= 0.3 is 0 Å². The fourth-order valence-electron chi connectivity index (χ4n) is 1.49. The molecule has 0 spiro atoms. The molecule has 0 radical (unpaired) electrons. The minimum absolute atomic E-state index is 0.0518. The molecular formula is C9H10N4O2. The third-order valence-corrected chi connectivity index (χ3v) is 2.07. The molecule has 0 atom stereocenters. The molecule has 78 valence electrons. The number of amides is 1. The van der Waals surface area contributed by atoms with Gasteiger partial charge in [0.2, 0.25) is 11.9 Å². The maximum Gasteiger partial charge on any atom is 0.237 e. The second-order valence-electron chi connectivity index (χ2n) is 3.43. The van der Waals surface area contributed by atoms with E-state index in [0.29, 0.717) is 11.6 Å². The third-order valence-electron chi connectivity index (χ3n) is 2.07. The molecule has 0 aromatic carbocycles. The number of anilines is 1. The van der Waals surface area contributed by atoms with Crippen LogP contribution in [0.2, 0.25) is 0 Å². The van der Waals surface area contributed by atoms with Gasteiger partial charge in [-0.05, 0) is 13.8 Å². The van der Waals surface area contributed by atoms with Gasteiger partial charge in [0.15, 0.2) is 5.78 Å². The van der Waals surface area contributed by atoms with E-state index in [0.717, 1.165) is 0 Å². The minimum atomic E-state index is -0.245. The predicted molar refractivity (Wildman–Crippen MR) is 51.3 cm³/mol. The van der Waals surface area contributed by atoms with Crippen LogP contribution >= 0.6 is 0 Å². The van der Waals surface area contributed by atoms with Gasteiger partial charge in [-0.1, -0.05) is 0 Å². The summed E-state index contributed by atoms with van der Waals surface area (Å²) in [5.74, 6) is 1.02. The van der Waals surface area contributed by atoms with Crippen molar-refractivity contribution in [1.82, 2.24) is 15.0 Å². The van der Waals surface area contributed by atoms with Crippen molar-refractivity contribution in [3.63, 3.8) is 0 Å². The quantitative estimate of drug-likeness (QED) is 0.594. The molecule has 2 rings (SSSR count). The van der Waals surface area contributed by atoms with Crippen LogP contribution in [0.4, 0.5) is 5.95 Å². The fraction of sp³-hybridized carbons (Fsp3) is 0.444. The first-order valence-corrected chi connectivity index (χ1v) is 4.57. The monoisotopic (exact) mass is 206 g/mol. The highest BCUT2D eigenvalue weighted by Gasteiger charge is 2.30. The molecule has 1 aromatic heterocycles. The van der Waals surface area contributed by atoms with E-state index in [4.69, 9.17) is 0 Å². The smallest absolute Gasteiger partial charge is 0.237 e. The number of hydrogen-bond donors (Lipinski definition) is 0. The molecule has 0 aliphatic carbocycles. The van der Waals surface area contributed by atoms with Gasteiger partial charge in [0.1, 0.15) is 11.6 Å². The molecule has 6 heteroatoms. The number of nitrogens with zero attached hydrogens (tertiary/aromatic N) is 4. The normalized spacial score (nSPS) is 16.3. The Morgan fingerprint density at radius 2 is 1.67 bits per heavy atom. The highest BCUT2D eigenvalue weighted by Crippen LogP contribution is 2.14. The van der Waals surface area contributed by atoms with Crippen LogP contribution in [0.25, 0.3) is 0 Å². The van der Waals surface area contributed by atoms with Gasteiger partial charge in [0.25, 0.3) is 0 Å². The molecule has 1 amide bonds. The number of hydrogen-bond acceptors (Lipinski definition) is 5. The SMILES string of the molecule is Cc1nc(C)nc(N2CC(=O)CC2=O)n1. The molecule has 0 saturated carbocycles. The van der Waals surface area contributed by atoms with E-state index in [9.17, 15) is 9.59 Å². The van der Waals surface area contributed by atoms with E-state index in [1.807, 2.05) is 0 Å². The van der Waals surface area contributed by atoms with Crippen LogP contribution in [-0.4, -0.2) is 33.2 Å². The van der Waals surface area contributed by atoms with E-state index in [-0.39, 0.29) is 30.6 Å². The molecule has 1 saturated heterocycles. The van der Waals surface area contributed by atoms with Crippen molar-refractivity contribution in [3.8, 4) is 0 Å². The molecule has 1 aliphatic rings. The molecule has 0 bridgehead atoms. The van der Waals surface area contributed by atoms with Gasteiger partial charge in [-0.3, -0.25) is 14.5 Å². The zero-order chi connectivity index (χ0) is 11.0. The van der Waals surface area contributed by atoms with Gasteiger partial charge in [0.05, 0.1) is 13.0 Å². The number of aryl methyl sites for hydroxylation is 2. The number of Topliss-reactive ketones (excluding diaryl/α,β-unsaturated/α-hetero) is 1. The molecule has 2 heterocycles. The van der Waals surface area contributed by atoms with Crippen molar-refractivity contribution in [1.29, 1.82) is 0 Å². The van der Waals surface area contributed by atoms with Crippen molar-refractivity contribution in [2.24, 2.45) is 0 Å². The molecule has 1 fully saturated rings. The van der Waals surface area contributed by atoms with Crippen LogP contribution in [-0.2, 0) is 9.59 Å². The summed E-state index contributed by atoms with van der Waals surface area (Å²) in [5, 5.41) is 0. The van der Waals surface area contributed by atoms with Crippen molar-refractivity contribution in [2.75, 3.05) is 11.4 Å². The summed E-state index contributed by atoms with van der Waals surface area (Å²) < 4.78 is 0. The molecule has 0 N–H and O–H groups in total. The maximum atomic E-state index is 11.4. The van der Waals surface area contributed by atoms with Gasteiger partial charge in [-0.25, -0.2) is 4.98 Å². The summed E-state index contributed by atoms with van der Waals surface area (Å²) in [5.41, 5.74) is 0. The number of aromatic nitrogens is 3. The lowest BCUT2D eigenvalue weighted by molar-refractivity contribution is -0.121. The van der Waals surface area contributed by atoms with E-state index in [2.05, 4.69) is 15.0 Å². The Hall–Kier alpha value is -1.85. The summed E-state index contributed by atoms with van der Waals surface area (Å²) in [4.78, 5) is 35.8. The van der Waals surface area contributed by atoms with Crippen molar-refractivity contribution < 1.29 is 9.59 Å². The molecule has 15 heavy (non-hydrogen) atoms. The Morgan fingerprint density at radius 3 is 2.13 bits per heavy atom. The topological polar surface area (TPSA) is 76.1 Å². The number of ketones is 1. The van der Waals surface area contributed by atoms with E-state index in [1.165, 1.54) is 4.90 Å². The highest BCUT2D eigenvalue weighted by molar-refractivity contribution is 6.14. The summed E-state index contributed by atoms with van der Waals surface area (Å²) >= 11 is 0. The van der Waals surface area contributed by atoms with Crippen molar-refractivity contribution in [2.45, 2.75) is 20.3 Å². The molecule has 6 nitrogen and oxygen atoms in total. The first-order valence-electron chi connectivity index (χ1n) is 4.57. The first-order chi connectivity index (χ1) is 7.06. The van der Waals surface area contributed by atoms with E-state index < -0.39 is 0 Å². The largest absolute Gasteiger partial charge is 0.297 e. The zero-order valence-corrected chi connectivity index (χ0v) is 8.52. The standard InChI is InChI=1S/C9H10N4O2/c1-5-10-6(2)12-9(11-5)13-4-7(14)3-8(13)15/h3-4H2,1-2H3. The second kappa shape index (κ2) is 3.38. The average Bonchev–Trinajstić information content (AvgIpc) is 2.43. The van der Waals surface area contributed by atoms with Crippen LogP contribution in [0.1, 0.15) is 18.1 Å². The van der Waals surface area contributed by atoms with Gasteiger partial charge < -0.3 is 0 Å². The number of rotatable bonds is 1. The Balaban J connectivity index is 2.37. The lowest BCUT2D eigenvalue weighted by Gasteiger charge is -2.12. The second-order valence-corrected chi connectivity index (χ2v) is 3.43. The lowest BCUT2D eigenvalue weighted by atomic mass is 10.3. The summed E-state index contributed by atoms with van der Waals surface area (Å²) in [6.07, 6.45) is -0.0518. The fourth-order valence-corrected chi connectivity index (χ4v) is 1.49. The van der Waals surface area contributed by atoms with Crippen molar-refractivity contribution in [3.05, 3.63) is 11.6 Å². The van der Waals surface area contributed by atoms with Crippen LogP contribution in [0, 0.1) is 13.8 Å². The maximum absolute atomic E-state index is 11.4. The van der Waals surface area contributed by atoms with Crippen LogP contribution in [0.3, 0.4) is 0 Å². The van der Waals surface area contributed by atoms with Crippen molar-refractivity contribution >= 4 is 17.6 Å². The zero-order valence-electron chi connectivity index (χ0n) is 8.52. The van der Waals surface area contributed by atoms with Crippen LogP contribution in [0.15, 0.2) is 0 Å². The van der Waals surface area contributed by atoms with E-state index >= 15 is 0 Å². The molecule has 1 aliphatic heterocycles. The Kier molecular flexibility index (Phi) is 2.18.